The third-order valence-corrected chi connectivity index (χ3v) is 14.3. The van der Waals surface area contributed by atoms with Crippen LogP contribution in [0.15, 0.2) is 206 Å². The molecule has 0 atom stereocenters. The average Bonchev–Trinajstić information content (AvgIpc) is 3.88. The highest BCUT2D eigenvalue weighted by Crippen LogP contribution is 2.41. The Labute approximate surface area is 369 Å². The third kappa shape index (κ3) is 6.07. The second-order valence-electron chi connectivity index (χ2n) is 16.9. The van der Waals surface area contributed by atoms with Crippen LogP contribution in [0.2, 0.25) is 0 Å². The van der Waals surface area contributed by atoms with E-state index in [9.17, 15) is 0 Å². The summed E-state index contributed by atoms with van der Waals surface area (Å²) in [7, 11) is 0. The molecule has 1 aliphatic rings. The van der Waals surface area contributed by atoms with Crippen LogP contribution < -0.4 is 14.7 Å². The number of hydrogen-bond acceptors (Lipinski definition) is 2. The van der Waals surface area contributed by atoms with Gasteiger partial charge in [-0.1, -0.05) is 140 Å². The number of nitrogens with zero attached hydrogens (tertiary/aromatic N) is 2. The van der Waals surface area contributed by atoms with Gasteiger partial charge in [0.25, 0.3) is 0 Å². The van der Waals surface area contributed by atoms with E-state index in [0.717, 1.165) is 35.6 Å². The summed E-state index contributed by atoms with van der Waals surface area (Å²) in [4.78, 5) is 2.42. The Bertz CT molecular complexity index is 3930. The van der Waals surface area contributed by atoms with E-state index in [2.05, 4.69) is 228 Å². The van der Waals surface area contributed by atoms with Crippen molar-refractivity contribution < 1.29 is 0 Å². The molecule has 0 radical (unpaired) electrons. The van der Waals surface area contributed by atoms with E-state index in [1.165, 1.54) is 96.2 Å². The molecule has 2 heterocycles. The van der Waals surface area contributed by atoms with Gasteiger partial charge in [-0.15, -0.1) is 11.3 Å². The van der Waals surface area contributed by atoms with Crippen molar-refractivity contribution in [1.29, 1.82) is 0 Å². The van der Waals surface area contributed by atoms with Crippen LogP contribution in [0.4, 0.5) is 17.1 Å². The summed E-state index contributed by atoms with van der Waals surface area (Å²) in [6.07, 6.45) is 7.05. The first kappa shape index (κ1) is 36.0. The van der Waals surface area contributed by atoms with Crippen molar-refractivity contribution >= 4 is 105 Å². The summed E-state index contributed by atoms with van der Waals surface area (Å²) in [6, 6.07) is 76.6. The summed E-state index contributed by atoms with van der Waals surface area (Å²) in [5.74, 6) is 0. The summed E-state index contributed by atoms with van der Waals surface area (Å²) in [5.41, 5.74) is 11.7. The SMILES string of the molecule is C1=c2sc3cc(N(c4ccc(-c5cc(-c6ccc7ccccc7c6)cc(-n6c7ccccc7c7cc8ccccc8cc76)c5)cc4)c4ccc5ccccc5c4)ccc3c2=CCC1. The average molecular weight is 821 g/mol. The molecule has 0 saturated heterocycles. The summed E-state index contributed by atoms with van der Waals surface area (Å²) in [6.45, 7) is 0. The molecule has 296 valence electrons. The molecule has 10 aromatic carbocycles. The highest BCUT2D eigenvalue weighted by atomic mass is 32.1. The number of rotatable bonds is 6. The van der Waals surface area contributed by atoms with Crippen molar-refractivity contribution in [3.63, 3.8) is 0 Å². The minimum absolute atomic E-state index is 1.11. The van der Waals surface area contributed by atoms with Crippen molar-refractivity contribution in [3.8, 4) is 27.9 Å². The first-order valence-electron chi connectivity index (χ1n) is 21.9. The zero-order valence-electron chi connectivity index (χ0n) is 34.5. The fourth-order valence-electron chi connectivity index (χ4n) is 10.0. The summed E-state index contributed by atoms with van der Waals surface area (Å²) in [5, 5.41) is 12.7. The van der Waals surface area contributed by atoms with Crippen molar-refractivity contribution in [2.45, 2.75) is 12.8 Å². The number of thiophene rings is 1. The normalized spacial score (nSPS) is 12.6. The minimum atomic E-state index is 1.11. The van der Waals surface area contributed by atoms with Gasteiger partial charge in [-0.05, 0) is 151 Å². The Kier molecular flexibility index (Phi) is 8.25. The molecular formula is C60H40N2S. The van der Waals surface area contributed by atoms with Crippen LogP contribution in [0.25, 0.3) is 104 Å². The predicted octanol–water partition coefficient (Wildman–Crippen LogP) is 15.6. The van der Waals surface area contributed by atoms with Gasteiger partial charge in [-0.3, -0.25) is 0 Å². The molecule has 0 saturated carbocycles. The second-order valence-corrected chi connectivity index (χ2v) is 17.9. The lowest BCUT2D eigenvalue weighted by Crippen LogP contribution is -2.20. The van der Waals surface area contributed by atoms with Crippen LogP contribution in [-0.2, 0) is 0 Å². The van der Waals surface area contributed by atoms with Gasteiger partial charge in [-0.2, -0.15) is 0 Å². The lowest BCUT2D eigenvalue weighted by atomic mass is 9.96. The first-order valence-corrected chi connectivity index (χ1v) is 22.7. The Morgan fingerprint density at radius 1 is 0.365 bits per heavy atom. The molecular weight excluding hydrogens is 781 g/mol. The van der Waals surface area contributed by atoms with Crippen LogP contribution in [0.5, 0.6) is 0 Å². The molecule has 3 heteroatoms. The lowest BCUT2D eigenvalue weighted by Gasteiger charge is -2.26. The van der Waals surface area contributed by atoms with E-state index in [-0.39, 0.29) is 0 Å². The maximum Gasteiger partial charge on any atom is 0.0547 e. The highest BCUT2D eigenvalue weighted by molar-refractivity contribution is 7.17. The molecule has 0 N–H and O–H groups in total. The Balaban J connectivity index is 0.992. The molecule has 0 fully saturated rings. The zero-order chi connectivity index (χ0) is 41.4. The van der Waals surface area contributed by atoms with Crippen LogP contribution in [0.3, 0.4) is 0 Å². The molecule has 13 rings (SSSR count). The molecule has 12 aromatic rings. The predicted molar refractivity (Wildman–Crippen MR) is 272 cm³/mol. The number of para-hydroxylation sites is 1. The lowest BCUT2D eigenvalue weighted by molar-refractivity contribution is 1.13. The van der Waals surface area contributed by atoms with Crippen molar-refractivity contribution in [1.82, 2.24) is 4.57 Å². The smallest absolute Gasteiger partial charge is 0.0547 e. The van der Waals surface area contributed by atoms with Crippen molar-refractivity contribution in [2.24, 2.45) is 0 Å². The van der Waals surface area contributed by atoms with Gasteiger partial charge in [0.1, 0.15) is 0 Å². The van der Waals surface area contributed by atoms with Crippen LogP contribution in [-0.4, -0.2) is 4.57 Å². The molecule has 1 aliphatic carbocycles. The maximum absolute atomic E-state index is 2.47. The van der Waals surface area contributed by atoms with Gasteiger partial charge in [0.2, 0.25) is 0 Å². The van der Waals surface area contributed by atoms with Gasteiger partial charge < -0.3 is 9.47 Å². The molecule has 0 spiro atoms. The molecule has 0 aliphatic heterocycles. The monoisotopic (exact) mass is 820 g/mol. The minimum Gasteiger partial charge on any atom is -0.310 e. The Morgan fingerprint density at radius 2 is 0.952 bits per heavy atom. The standard InChI is InChI=1S/C60H40N2S/c1-3-13-42-31-46(22-21-39(42)11-1)48-32-47(34-52(35-48)62-57-19-9-7-17-53(57)56-36-44-15-5-6-16-45(44)37-58(56)62)41-23-26-49(27-24-41)61(50-28-25-40-12-2-4-14-43(40)33-50)51-29-30-55-54-18-8-10-20-59(54)63-60(55)38-51/h1-7,9,11-38H,8,10H2. The molecule has 2 aromatic heterocycles. The summed E-state index contributed by atoms with van der Waals surface area (Å²) < 4.78 is 5.19. The third-order valence-electron chi connectivity index (χ3n) is 13.1. The quantitative estimate of drug-likeness (QED) is 0.162. The molecule has 0 bridgehead atoms. The zero-order valence-corrected chi connectivity index (χ0v) is 35.3. The van der Waals surface area contributed by atoms with Gasteiger partial charge in [0.15, 0.2) is 0 Å². The first-order chi connectivity index (χ1) is 31.2. The van der Waals surface area contributed by atoms with Crippen molar-refractivity contribution in [3.05, 3.63) is 216 Å². The van der Waals surface area contributed by atoms with Gasteiger partial charge >= 0.3 is 0 Å². The molecule has 63 heavy (non-hydrogen) atoms. The Morgan fingerprint density at radius 3 is 1.75 bits per heavy atom. The molecule has 0 amide bonds. The van der Waals surface area contributed by atoms with E-state index < -0.39 is 0 Å². The van der Waals surface area contributed by atoms with E-state index in [1.54, 1.807) is 0 Å². The van der Waals surface area contributed by atoms with E-state index in [4.69, 9.17) is 0 Å². The topological polar surface area (TPSA) is 8.17 Å². The van der Waals surface area contributed by atoms with Crippen LogP contribution >= 0.6 is 11.3 Å². The van der Waals surface area contributed by atoms with E-state index in [0.29, 0.717) is 0 Å². The number of anilines is 3. The highest BCUT2D eigenvalue weighted by Gasteiger charge is 2.18. The number of fused-ring (bicyclic) bond motifs is 9. The van der Waals surface area contributed by atoms with Gasteiger partial charge in [-0.25, -0.2) is 0 Å². The molecule has 2 nitrogen and oxygen atoms in total. The van der Waals surface area contributed by atoms with Crippen LogP contribution in [0, 0.1) is 0 Å². The fraction of sp³-hybridized carbons (Fsp3) is 0.0333. The number of aromatic nitrogens is 1. The van der Waals surface area contributed by atoms with Crippen LogP contribution in [0.1, 0.15) is 12.8 Å². The number of benzene rings is 10. The van der Waals surface area contributed by atoms with Gasteiger partial charge in [0, 0.05) is 48.1 Å². The number of hydrogen-bond donors (Lipinski definition) is 0. The largest absolute Gasteiger partial charge is 0.310 e. The maximum atomic E-state index is 2.47. The summed E-state index contributed by atoms with van der Waals surface area (Å²) >= 11 is 1.91. The molecule has 0 unspecified atom stereocenters. The Hall–Kier alpha value is -7.72. The van der Waals surface area contributed by atoms with E-state index in [1.807, 2.05) is 11.3 Å². The van der Waals surface area contributed by atoms with E-state index >= 15 is 0 Å². The van der Waals surface area contributed by atoms with Crippen molar-refractivity contribution in [2.75, 3.05) is 4.90 Å². The fourth-order valence-corrected chi connectivity index (χ4v) is 11.2. The second kappa shape index (κ2) is 14.4. The van der Waals surface area contributed by atoms with Gasteiger partial charge in [0.05, 0.1) is 11.0 Å².